The molecule has 0 saturated carbocycles. The quantitative estimate of drug-likeness (QED) is 0.758. The average Bonchev–Trinajstić information content (AvgIpc) is 2.15. The molecule has 0 bridgehead atoms. The Bertz CT molecular complexity index is 481. The van der Waals surface area contributed by atoms with Crippen LogP contribution in [0.25, 0.3) is 0 Å². The topological polar surface area (TPSA) is 60.4 Å². The van der Waals surface area contributed by atoms with E-state index < -0.39 is 17.6 Å². The van der Waals surface area contributed by atoms with Crippen LogP contribution in [0, 0.1) is 0 Å². The fraction of sp³-hybridized carbons (Fsp3) is 0.400. The van der Waals surface area contributed by atoms with Gasteiger partial charge in [0.25, 0.3) is 0 Å². The van der Waals surface area contributed by atoms with Gasteiger partial charge in [0.1, 0.15) is 11.2 Å². The van der Waals surface area contributed by atoms with Crippen LogP contribution < -0.4 is 4.74 Å². The fourth-order valence-electron chi connectivity index (χ4n) is 1.40. The molecule has 1 rings (SSSR count). The Balaban J connectivity index is 2.77. The van der Waals surface area contributed by atoms with E-state index in [4.69, 9.17) is 4.74 Å². The summed E-state index contributed by atoms with van der Waals surface area (Å²) in [4.78, 5) is 0. The molecule has 1 unspecified atom stereocenters. The SMILES string of the molecule is COc1ccccc1C[PH](=O)CS(C)(=O)=O. The maximum absolute atomic E-state index is 11.6. The van der Waals surface area contributed by atoms with E-state index in [-0.39, 0.29) is 11.7 Å². The number of rotatable bonds is 5. The third-order valence-corrected chi connectivity index (χ3v) is 6.16. The first-order valence-electron chi connectivity index (χ1n) is 4.73. The third kappa shape index (κ3) is 4.37. The lowest BCUT2D eigenvalue weighted by molar-refractivity contribution is 0.411. The van der Waals surface area contributed by atoms with Crippen LogP contribution in [-0.2, 0) is 20.6 Å². The average molecular weight is 262 g/mol. The minimum atomic E-state index is -3.17. The van der Waals surface area contributed by atoms with Gasteiger partial charge in [-0.25, -0.2) is 8.42 Å². The predicted octanol–water partition coefficient (Wildman–Crippen LogP) is 1.76. The van der Waals surface area contributed by atoms with Crippen molar-refractivity contribution in [3.05, 3.63) is 29.8 Å². The molecule has 4 nitrogen and oxygen atoms in total. The van der Waals surface area contributed by atoms with Crippen LogP contribution in [0.3, 0.4) is 0 Å². The molecule has 0 saturated heterocycles. The number of hydrogen-bond donors (Lipinski definition) is 0. The molecule has 1 atom stereocenters. The molecule has 1 aromatic carbocycles. The van der Waals surface area contributed by atoms with Crippen LogP contribution in [0.5, 0.6) is 5.75 Å². The van der Waals surface area contributed by atoms with Crippen molar-refractivity contribution in [2.24, 2.45) is 0 Å². The summed E-state index contributed by atoms with van der Waals surface area (Å²) in [5.41, 5.74) is 0.549. The van der Waals surface area contributed by atoms with E-state index in [2.05, 4.69) is 0 Å². The highest BCUT2D eigenvalue weighted by atomic mass is 32.2. The van der Waals surface area contributed by atoms with E-state index in [1.165, 1.54) is 7.11 Å². The lowest BCUT2D eigenvalue weighted by atomic mass is 10.2. The van der Waals surface area contributed by atoms with E-state index in [0.717, 1.165) is 11.8 Å². The highest BCUT2D eigenvalue weighted by molar-refractivity contribution is 7.95. The Hall–Kier alpha value is -0.800. The van der Waals surface area contributed by atoms with Gasteiger partial charge >= 0.3 is 0 Å². The highest BCUT2D eigenvalue weighted by Crippen LogP contribution is 2.32. The summed E-state index contributed by atoms with van der Waals surface area (Å²) >= 11 is 0. The monoisotopic (exact) mass is 262 g/mol. The molecule has 0 N–H and O–H groups in total. The number of benzene rings is 1. The van der Waals surface area contributed by atoms with E-state index in [1.54, 1.807) is 12.1 Å². The second kappa shape index (κ2) is 5.51. The van der Waals surface area contributed by atoms with Crippen molar-refractivity contribution in [1.82, 2.24) is 0 Å². The molecule has 0 heterocycles. The van der Waals surface area contributed by atoms with Gasteiger partial charge in [-0.1, -0.05) is 18.2 Å². The largest absolute Gasteiger partial charge is 0.496 e. The molecule has 0 aliphatic carbocycles. The van der Waals surface area contributed by atoms with Gasteiger partial charge in [-0.05, 0) is 6.07 Å². The van der Waals surface area contributed by atoms with Crippen LogP contribution in [0.1, 0.15) is 5.56 Å². The predicted molar refractivity (Wildman–Crippen MR) is 65.4 cm³/mol. The maximum atomic E-state index is 11.6. The zero-order chi connectivity index (χ0) is 12.2. The summed E-state index contributed by atoms with van der Waals surface area (Å²) in [5.74, 6) is 0.648. The lowest BCUT2D eigenvalue weighted by Crippen LogP contribution is -2.00. The first kappa shape index (κ1) is 13.3. The van der Waals surface area contributed by atoms with Crippen molar-refractivity contribution < 1.29 is 17.7 Å². The number of methoxy groups -OCH3 is 1. The third-order valence-electron chi connectivity index (χ3n) is 2.00. The van der Waals surface area contributed by atoms with Gasteiger partial charge in [-0.15, -0.1) is 0 Å². The van der Waals surface area contributed by atoms with Gasteiger partial charge in [-0.3, -0.25) is 0 Å². The van der Waals surface area contributed by atoms with E-state index >= 15 is 0 Å². The van der Waals surface area contributed by atoms with E-state index in [0.29, 0.717) is 5.75 Å². The van der Waals surface area contributed by atoms with Gasteiger partial charge in [0.15, 0.2) is 9.84 Å². The summed E-state index contributed by atoms with van der Waals surface area (Å²) in [6, 6.07) is 7.19. The molecule has 0 aliphatic heterocycles. The van der Waals surface area contributed by atoms with Gasteiger partial charge in [0.05, 0.1) is 14.9 Å². The van der Waals surface area contributed by atoms with Crippen molar-refractivity contribution in [2.75, 3.05) is 18.9 Å². The normalized spacial score (nSPS) is 13.4. The Morgan fingerprint density at radius 2 is 1.94 bits per heavy atom. The summed E-state index contributed by atoms with van der Waals surface area (Å²) in [5, 5.41) is 0. The number of hydrogen-bond acceptors (Lipinski definition) is 4. The summed E-state index contributed by atoms with van der Waals surface area (Å²) in [7, 11) is -3.79. The van der Waals surface area contributed by atoms with Crippen LogP contribution in [0.4, 0.5) is 0 Å². The van der Waals surface area contributed by atoms with E-state index in [9.17, 15) is 13.0 Å². The Morgan fingerprint density at radius 1 is 1.31 bits per heavy atom. The smallest absolute Gasteiger partial charge is 0.154 e. The van der Waals surface area contributed by atoms with Crippen LogP contribution in [-0.4, -0.2) is 27.3 Å². The molecular formula is C10H15O4PS. The molecule has 0 aliphatic rings. The molecule has 0 radical (unpaired) electrons. The second-order valence-corrected chi connectivity index (χ2v) is 8.03. The molecule has 0 amide bonds. The van der Waals surface area contributed by atoms with Crippen molar-refractivity contribution in [1.29, 1.82) is 0 Å². The molecule has 16 heavy (non-hydrogen) atoms. The zero-order valence-electron chi connectivity index (χ0n) is 9.26. The van der Waals surface area contributed by atoms with Crippen LogP contribution >= 0.6 is 7.80 Å². The molecule has 90 valence electrons. The first-order valence-corrected chi connectivity index (χ1v) is 8.62. The molecule has 1 aromatic rings. The highest BCUT2D eigenvalue weighted by Gasteiger charge is 2.12. The molecule has 0 aromatic heterocycles. The molecule has 6 heteroatoms. The minimum absolute atomic E-state index is 0.240. The Morgan fingerprint density at radius 3 is 2.50 bits per heavy atom. The van der Waals surface area contributed by atoms with Crippen LogP contribution in [0.2, 0.25) is 0 Å². The summed E-state index contributed by atoms with van der Waals surface area (Å²) < 4.78 is 38.7. The van der Waals surface area contributed by atoms with Crippen LogP contribution in [0.15, 0.2) is 24.3 Å². The standard InChI is InChI=1S/C10H15O4PS/c1-14-10-6-4-3-5-9(10)7-15(11)8-16(2,12)13/h3-6,15H,7-8H2,1-2H3. The van der Waals surface area contributed by atoms with Crippen molar-refractivity contribution >= 4 is 17.6 Å². The molecule has 0 spiro atoms. The van der Waals surface area contributed by atoms with E-state index in [1.807, 2.05) is 12.1 Å². The number of para-hydroxylation sites is 1. The Labute approximate surface area is 96.3 Å². The van der Waals surface area contributed by atoms with Crippen molar-refractivity contribution in [2.45, 2.75) is 6.16 Å². The minimum Gasteiger partial charge on any atom is -0.496 e. The van der Waals surface area contributed by atoms with Crippen molar-refractivity contribution in [3.8, 4) is 5.75 Å². The summed E-state index contributed by atoms with van der Waals surface area (Å²) in [6.45, 7) is 0. The van der Waals surface area contributed by atoms with Gasteiger partial charge < -0.3 is 9.30 Å². The fourth-order valence-corrected chi connectivity index (χ4v) is 4.87. The zero-order valence-corrected chi connectivity index (χ0v) is 11.1. The number of ether oxygens (including phenoxy) is 1. The maximum Gasteiger partial charge on any atom is 0.154 e. The van der Waals surface area contributed by atoms with Gasteiger partial charge in [-0.2, -0.15) is 0 Å². The lowest BCUT2D eigenvalue weighted by Gasteiger charge is -2.07. The van der Waals surface area contributed by atoms with Gasteiger partial charge in [0.2, 0.25) is 0 Å². The summed E-state index contributed by atoms with van der Waals surface area (Å²) in [6.07, 6.45) is 1.36. The van der Waals surface area contributed by atoms with Gasteiger partial charge in [0, 0.05) is 18.0 Å². The molecular weight excluding hydrogens is 247 g/mol. The first-order chi connectivity index (χ1) is 7.42. The Kier molecular flexibility index (Phi) is 4.56. The molecule has 0 fully saturated rings. The van der Waals surface area contributed by atoms with Crippen molar-refractivity contribution in [3.63, 3.8) is 0 Å². The number of sulfone groups is 1. The second-order valence-electron chi connectivity index (χ2n) is 3.60.